The monoisotopic (exact) mass is 366 g/mol. The zero-order chi connectivity index (χ0) is 18.5. The second kappa shape index (κ2) is 8.55. The zero-order valence-corrected chi connectivity index (χ0v) is 15.8. The molecule has 0 N–H and O–H groups in total. The molecule has 5 heteroatoms. The smallest absolute Gasteiger partial charge is 0.168 e. The Morgan fingerprint density at radius 3 is 3.04 bits per heavy atom. The maximum absolute atomic E-state index is 6.10. The molecule has 0 amide bonds. The van der Waals surface area contributed by atoms with E-state index < -0.39 is 0 Å². The van der Waals surface area contributed by atoms with E-state index in [1.54, 1.807) is 7.11 Å². The first-order valence-electron chi connectivity index (χ1n) is 9.55. The van der Waals surface area contributed by atoms with Gasteiger partial charge in [-0.1, -0.05) is 18.2 Å². The van der Waals surface area contributed by atoms with Gasteiger partial charge in [0, 0.05) is 24.8 Å². The van der Waals surface area contributed by atoms with Crippen LogP contribution in [0.4, 0.5) is 0 Å². The molecular formula is C22H26N2O3. The Morgan fingerprint density at radius 1 is 1.22 bits per heavy atom. The van der Waals surface area contributed by atoms with Crippen LogP contribution in [0.5, 0.6) is 11.5 Å². The molecule has 2 aliphatic heterocycles. The molecule has 1 fully saturated rings. The second-order valence-corrected chi connectivity index (χ2v) is 7.10. The number of hydrogen-bond donors (Lipinski definition) is 0. The van der Waals surface area contributed by atoms with Gasteiger partial charge in [-0.2, -0.15) is 0 Å². The number of piperidine rings is 1. The van der Waals surface area contributed by atoms with Crippen LogP contribution in [0.15, 0.2) is 48.2 Å². The first-order chi connectivity index (χ1) is 13.3. The zero-order valence-electron chi connectivity index (χ0n) is 15.8. The Balaban J connectivity index is 1.34. The minimum atomic E-state index is 0.262. The molecule has 1 saturated heterocycles. The number of aromatic nitrogens is 1. The van der Waals surface area contributed by atoms with Crippen molar-refractivity contribution in [3.05, 3.63) is 59.4 Å². The van der Waals surface area contributed by atoms with E-state index in [0.717, 1.165) is 55.2 Å². The van der Waals surface area contributed by atoms with Crippen LogP contribution in [-0.2, 0) is 11.3 Å². The maximum Gasteiger partial charge on any atom is 0.168 e. The third kappa shape index (κ3) is 4.49. The quantitative estimate of drug-likeness (QED) is 0.782. The van der Waals surface area contributed by atoms with Crippen molar-refractivity contribution in [3.8, 4) is 11.5 Å². The lowest BCUT2D eigenvalue weighted by Gasteiger charge is -2.33. The molecular weight excluding hydrogens is 340 g/mol. The van der Waals surface area contributed by atoms with Gasteiger partial charge in [-0.15, -0.1) is 0 Å². The van der Waals surface area contributed by atoms with Gasteiger partial charge in [0.15, 0.2) is 11.5 Å². The number of pyridine rings is 1. The molecule has 1 aromatic carbocycles. The molecule has 1 aromatic heterocycles. The van der Waals surface area contributed by atoms with E-state index in [4.69, 9.17) is 14.2 Å². The van der Waals surface area contributed by atoms with Gasteiger partial charge < -0.3 is 14.2 Å². The summed E-state index contributed by atoms with van der Waals surface area (Å²) in [7, 11) is 1.68. The van der Waals surface area contributed by atoms with Crippen molar-refractivity contribution in [3.63, 3.8) is 0 Å². The summed E-state index contributed by atoms with van der Waals surface area (Å²) < 4.78 is 17.5. The molecule has 27 heavy (non-hydrogen) atoms. The Kier molecular flexibility index (Phi) is 5.70. The number of para-hydroxylation sites is 1. The number of benzene rings is 1. The molecule has 2 aliphatic rings. The highest BCUT2D eigenvalue weighted by Gasteiger charge is 2.23. The van der Waals surface area contributed by atoms with Gasteiger partial charge in [-0.25, -0.2) is 0 Å². The van der Waals surface area contributed by atoms with Crippen LogP contribution in [-0.4, -0.2) is 49.3 Å². The average molecular weight is 366 g/mol. The number of hydrogen-bond acceptors (Lipinski definition) is 5. The van der Waals surface area contributed by atoms with Crippen LogP contribution in [0.3, 0.4) is 0 Å². The second-order valence-electron chi connectivity index (χ2n) is 7.10. The summed E-state index contributed by atoms with van der Waals surface area (Å²) in [6.45, 7) is 4.17. The third-order valence-corrected chi connectivity index (χ3v) is 5.07. The van der Waals surface area contributed by atoms with Crippen LogP contribution in [0, 0.1) is 0 Å². The summed E-state index contributed by atoms with van der Waals surface area (Å²) in [6.07, 6.45) is 6.58. The number of nitrogens with zero attached hydrogens (tertiary/aromatic N) is 2. The Hall–Kier alpha value is -2.37. The molecule has 0 aliphatic carbocycles. The first kappa shape index (κ1) is 18.0. The maximum atomic E-state index is 6.10. The van der Waals surface area contributed by atoms with Gasteiger partial charge in [0.25, 0.3) is 0 Å². The molecule has 0 spiro atoms. The fourth-order valence-corrected chi connectivity index (χ4v) is 3.75. The van der Waals surface area contributed by atoms with Gasteiger partial charge in [-0.05, 0) is 49.2 Å². The molecule has 142 valence electrons. The van der Waals surface area contributed by atoms with Gasteiger partial charge in [-0.3, -0.25) is 9.88 Å². The predicted octanol–water partition coefficient (Wildman–Crippen LogP) is 3.55. The number of methoxy groups -OCH3 is 1. The third-order valence-electron chi connectivity index (χ3n) is 5.07. The lowest BCUT2D eigenvalue weighted by atomic mass is 10.0. The average Bonchev–Trinajstić information content (AvgIpc) is 2.72. The van der Waals surface area contributed by atoms with Crippen LogP contribution >= 0.6 is 0 Å². The minimum absolute atomic E-state index is 0.262. The fraction of sp³-hybridized carbons (Fsp3) is 0.409. The van der Waals surface area contributed by atoms with Crippen molar-refractivity contribution in [2.24, 2.45) is 0 Å². The van der Waals surface area contributed by atoms with Gasteiger partial charge >= 0.3 is 0 Å². The van der Waals surface area contributed by atoms with E-state index in [-0.39, 0.29) is 6.10 Å². The van der Waals surface area contributed by atoms with E-state index in [1.165, 1.54) is 5.57 Å². The standard InChI is InChI=1S/C22H26N2O3/c1-25-21-9-4-6-18-12-17(15-27-22(18)21)13-24-11-5-8-20(14-24)26-16-19-7-2-3-10-23-19/h2-4,6-7,9-10,12,20H,5,8,11,13-16H2,1H3/t20-/m0/s1. The van der Waals surface area contributed by atoms with Crippen LogP contribution in [0.2, 0.25) is 0 Å². The molecule has 3 heterocycles. The summed E-state index contributed by atoms with van der Waals surface area (Å²) in [5.41, 5.74) is 3.38. The molecule has 0 saturated carbocycles. The van der Waals surface area contributed by atoms with Crippen molar-refractivity contribution in [2.45, 2.75) is 25.6 Å². The van der Waals surface area contributed by atoms with E-state index in [2.05, 4.69) is 22.0 Å². The van der Waals surface area contributed by atoms with Crippen molar-refractivity contribution < 1.29 is 14.2 Å². The van der Waals surface area contributed by atoms with Crippen LogP contribution in [0.1, 0.15) is 24.1 Å². The first-order valence-corrected chi connectivity index (χ1v) is 9.55. The van der Waals surface area contributed by atoms with E-state index in [0.29, 0.717) is 13.2 Å². The highest BCUT2D eigenvalue weighted by molar-refractivity contribution is 5.66. The molecule has 0 unspecified atom stereocenters. The van der Waals surface area contributed by atoms with Gasteiger partial charge in [0.1, 0.15) is 6.61 Å². The van der Waals surface area contributed by atoms with Crippen molar-refractivity contribution in [1.82, 2.24) is 9.88 Å². The molecule has 2 aromatic rings. The van der Waals surface area contributed by atoms with Crippen molar-refractivity contribution in [2.75, 3.05) is 33.4 Å². The van der Waals surface area contributed by atoms with Crippen LogP contribution in [0.25, 0.3) is 6.08 Å². The lowest BCUT2D eigenvalue weighted by Crippen LogP contribution is -2.41. The topological polar surface area (TPSA) is 43.8 Å². The highest BCUT2D eigenvalue weighted by Crippen LogP contribution is 2.35. The normalized spacial score (nSPS) is 19.7. The summed E-state index contributed by atoms with van der Waals surface area (Å²) in [5, 5.41) is 0. The summed E-state index contributed by atoms with van der Waals surface area (Å²) >= 11 is 0. The molecule has 5 nitrogen and oxygen atoms in total. The minimum Gasteiger partial charge on any atom is -0.493 e. The Morgan fingerprint density at radius 2 is 2.19 bits per heavy atom. The summed E-state index contributed by atoms with van der Waals surface area (Å²) in [5.74, 6) is 1.64. The Bertz CT molecular complexity index is 791. The van der Waals surface area contributed by atoms with Crippen molar-refractivity contribution >= 4 is 6.08 Å². The lowest BCUT2D eigenvalue weighted by molar-refractivity contribution is -0.00929. The van der Waals surface area contributed by atoms with E-state index in [1.807, 2.05) is 36.5 Å². The van der Waals surface area contributed by atoms with E-state index in [9.17, 15) is 0 Å². The largest absolute Gasteiger partial charge is 0.493 e. The number of rotatable bonds is 6. The van der Waals surface area contributed by atoms with Gasteiger partial charge in [0.05, 0.1) is 25.5 Å². The molecule has 4 rings (SSSR count). The molecule has 1 atom stereocenters. The summed E-state index contributed by atoms with van der Waals surface area (Å²) in [4.78, 5) is 6.80. The van der Waals surface area contributed by atoms with Crippen molar-refractivity contribution in [1.29, 1.82) is 0 Å². The SMILES string of the molecule is COc1cccc2c1OCC(CN1CCC[C@H](OCc3ccccn3)C1)=C2. The fourth-order valence-electron chi connectivity index (χ4n) is 3.75. The molecule has 0 radical (unpaired) electrons. The van der Waals surface area contributed by atoms with E-state index >= 15 is 0 Å². The number of ether oxygens (including phenoxy) is 3. The summed E-state index contributed by atoms with van der Waals surface area (Å²) in [6, 6.07) is 12.0. The molecule has 0 bridgehead atoms. The Labute approximate surface area is 160 Å². The van der Waals surface area contributed by atoms with Gasteiger partial charge in [0.2, 0.25) is 0 Å². The highest BCUT2D eigenvalue weighted by atomic mass is 16.5. The number of likely N-dealkylation sites (tertiary alicyclic amines) is 1. The van der Waals surface area contributed by atoms with Crippen LogP contribution < -0.4 is 9.47 Å². The predicted molar refractivity (Wildman–Crippen MR) is 105 cm³/mol. The number of fused-ring (bicyclic) bond motifs is 1.